The molecular formula is C33H42ClN5O6S. The summed E-state index contributed by atoms with van der Waals surface area (Å²) in [7, 11) is -2.23. The Morgan fingerprint density at radius 1 is 1.09 bits per heavy atom. The highest BCUT2D eigenvalue weighted by Gasteiger charge is 2.25. The zero-order chi connectivity index (χ0) is 34.0. The zero-order valence-electron chi connectivity index (χ0n) is 27.6. The van der Waals surface area contributed by atoms with Crippen molar-refractivity contribution in [1.82, 2.24) is 24.8 Å². The molecule has 0 aliphatic rings. The van der Waals surface area contributed by atoms with Crippen molar-refractivity contribution in [3.05, 3.63) is 69.1 Å². The van der Waals surface area contributed by atoms with E-state index in [-0.39, 0.29) is 12.2 Å². The van der Waals surface area contributed by atoms with E-state index in [4.69, 9.17) is 21.1 Å². The number of carbonyl (C=O) groups excluding carboxylic acids is 2. The van der Waals surface area contributed by atoms with Crippen molar-refractivity contribution < 1.29 is 27.5 Å². The van der Waals surface area contributed by atoms with Crippen molar-refractivity contribution in [2.75, 3.05) is 18.9 Å². The Hall–Kier alpha value is -4.03. The average molecular weight is 672 g/mol. The fourth-order valence-corrected chi connectivity index (χ4v) is 6.34. The van der Waals surface area contributed by atoms with Gasteiger partial charge in [-0.3, -0.25) is 9.48 Å². The molecule has 0 atom stereocenters. The van der Waals surface area contributed by atoms with Crippen LogP contribution in [-0.4, -0.2) is 59.7 Å². The Morgan fingerprint density at radius 3 is 2.37 bits per heavy atom. The van der Waals surface area contributed by atoms with Crippen LogP contribution < -0.4 is 14.8 Å². The lowest BCUT2D eigenvalue weighted by molar-refractivity contribution is 0.0531. The van der Waals surface area contributed by atoms with Crippen LogP contribution in [0.4, 0.5) is 4.79 Å². The van der Waals surface area contributed by atoms with Gasteiger partial charge in [-0.2, -0.15) is 5.10 Å². The third kappa shape index (κ3) is 8.21. The van der Waals surface area contributed by atoms with Crippen LogP contribution in [0, 0.1) is 27.7 Å². The number of benzene rings is 2. The van der Waals surface area contributed by atoms with E-state index in [0.29, 0.717) is 41.3 Å². The Kier molecular flexibility index (Phi) is 10.4. The highest BCUT2D eigenvalue weighted by atomic mass is 35.5. The van der Waals surface area contributed by atoms with Gasteiger partial charge in [-0.25, -0.2) is 17.9 Å². The molecule has 46 heavy (non-hydrogen) atoms. The standard InChI is InChI=1S/C33H42ClN5O6S/c1-19-17-23(18-20(2)28(19)34)44-15-10-13-25-24-11-9-12-26(27-21(3)37-39(8)22(27)4)29(24)36-30(25)31(40)38-46(42,43)16-14-35-32(41)45-33(5,6)7/h9,11-12,17-18,36H,10,13-16H2,1-8H3,(H,35,41)(H,38,40). The summed E-state index contributed by atoms with van der Waals surface area (Å²) in [6.07, 6.45) is 0.241. The summed E-state index contributed by atoms with van der Waals surface area (Å²) < 4.78 is 40.9. The molecule has 0 aliphatic carbocycles. The Bertz CT molecular complexity index is 1870. The quantitative estimate of drug-likeness (QED) is 0.165. The molecule has 2 aromatic carbocycles. The topological polar surface area (TPSA) is 144 Å². The molecule has 0 bridgehead atoms. The molecule has 0 unspecified atom stereocenters. The minimum Gasteiger partial charge on any atom is -0.494 e. The predicted octanol–water partition coefficient (Wildman–Crippen LogP) is 6.05. The van der Waals surface area contributed by atoms with Crippen molar-refractivity contribution in [2.45, 2.75) is 66.9 Å². The van der Waals surface area contributed by atoms with Gasteiger partial charge in [0.1, 0.15) is 17.0 Å². The van der Waals surface area contributed by atoms with Crippen LogP contribution in [0.15, 0.2) is 30.3 Å². The number of nitrogens with one attached hydrogen (secondary N) is 3. The number of rotatable bonds is 11. The number of aromatic nitrogens is 3. The second-order valence-electron chi connectivity index (χ2n) is 12.4. The molecule has 2 aromatic heterocycles. The van der Waals surface area contributed by atoms with Crippen LogP contribution in [0.2, 0.25) is 5.02 Å². The molecule has 11 nitrogen and oxygen atoms in total. The molecule has 4 aromatic rings. The van der Waals surface area contributed by atoms with E-state index < -0.39 is 33.4 Å². The van der Waals surface area contributed by atoms with E-state index in [2.05, 4.69) is 20.1 Å². The summed E-state index contributed by atoms with van der Waals surface area (Å²) in [5.41, 5.74) is 6.20. The lowest BCUT2D eigenvalue weighted by Crippen LogP contribution is -2.39. The molecule has 3 N–H and O–H groups in total. The second kappa shape index (κ2) is 13.8. The number of nitrogens with zero attached hydrogens (tertiary/aromatic N) is 2. The van der Waals surface area contributed by atoms with Gasteiger partial charge in [0.2, 0.25) is 10.0 Å². The summed E-state index contributed by atoms with van der Waals surface area (Å²) in [5.74, 6) is -0.605. The number of ether oxygens (including phenoxy) is 2. The van der Waals surface area contributed by atoms with Crippen molar-refractivity contribution >= 4 is 44.5 Å². The minimum atomic E-state index is -4.11. The first kappa shape index (κ1) is 34.8. The van der Waals surface area contributed by atoms with Gasteiger partial charge in [-0.15, -0.1) is 0 Å². The largest absolute Gasteiger partial charge is 0.494 e. The fourth-order valence-electron chi connectivity index (χ4n) is 5.37. The molecule has 2 heterocycles. The molecule has 13 heteroatoms. The first-order valence-corrected chi connectivity index (χ1v) is 17.1. The fraction of sp³-hybridized carbons (Fsp3) is 0.424. The monoisotopic (exact) mass is 671 g/mol. The number of para-hydroxylation sites is 1. The molecule has 4 rings (SSSR count). The number of sulfonamides is 1. The van der Waals surface area contributed by atoms with E-state index in [1.54, 1.807) is 25.5 Å². The first-order valence-electron chi connectivity index (χ1n) is 15.0. The molecule has 248 valence electrons. The van der Waals surface area contributed by atoms with Crippen molar-refractivity contribution in [2.24, 2.45) is 7.05 Å². The van der Waals surface area contributed by atoms with Crippen LogP contribution in [0.1, 0.15) is 65.8 Å². The normalized spacial score (nSPS) is 11.9. The lowest BCUT2D eigenvalue weighted by atomic mass is 9.98. The SMILES string of the molecule is Cc1cc(OCCCc2c(C(=O)NS(=O)(=O)CCNC(=O)OC(C)(C)C)[nH]c3c(-c4c(C)nn(C)c4C)cccc23)cc(C)c1Cl. The highest BCUT2D eigenvalue weighted by Crippen LogP contribution is 2.35. The molecule has 0 saturated heterocycles. The van der Waals surface area contributed by atoms with Gasteiger partial charge in [0.05, 0.1) is 23.6 Å². The van der Waals surface area contributed by atoms with Crippen LogP contribution in [-0.2, 0) is 28.2 Å². The number of aryl methyl sites for hydroxylation is 5. The van der Waals surface area contributed by atoms with Crippen molar-refractivity contribution in [3.8, 4) is 16.9 Å². The molecule has 0 fully saturated rings. The smallest absolute Gasteiger partial charge is 0.407 e. The van der Waals surface area contributed by atoms with Crippen LogP contribution in [0.25, 0.3) is 22.0 Å². The van der Waals surface area contributed by atoms with E-state index >= 15 is 0 Å². The number of alkyl carbamates (subject to hydrolysis) is 1. The van der Waals surface area contributed by atoms with Gasteiger partial charge in [-0.05, 0) is 90.1 Å². The van der Waals surface area contributed by atoms with Gasteiger partial charge >= 0.3 is 6.09 Å². The van der Waals surface area contributed by atoms with Gasteiger partial charge in [0, 0.05) is 40.8 Å². The minimum absolute atomic E-state index is 0.142. The zero-order valence-corrected chi connectivity index (χ0v) is 29.1. The van der Waals surface area contributed by atoms with Gasteiger partial charge < -0.3 is 19.8 Å². The van der Waals surface area contributed by atoms with Crippen molar-refractivity contribution in [3.63, 3.8) is 0 Å². The summed E-state index contributed by atoms with van der Waals surface area (Å²) in [6.45, 7) is 13.0. The summed E-state index contributed by atoms with van der Waals surface area (Å²) in [4.78, 5) is 28.8. The van der Waals surface area contributed by atoms with Gasteiger partial charge in [0.25, 0.3) is 5.91 Å². The van der Waals surface area contributed by atoms with E-state index in [9.17, 15) is 18.0 Å². The number of amides is 2. The number of fused-ring (bicyclic) bond motifs is 1. The third-order valence-electron chi connectivity index (χ3n) is 7.48. The second-order valence-corrected chi connectivity index (χ2v) is 14.6. The van der Waals surface area contributed by atoms with E-state index in [1.807, 2.05) is 65.1 Å². The summed E-state index contributed by atoms with van der Waals surface area (Å²) in [5, 5.41) is 8.46. The van der Waals surface area contributed by atoms with Crippen LogP contribution in [0.3, 0.4) is 0 Å². The van der Waals surface area contributed by atoms with Crippen LogP contribution in [0.5, 0.6) is 5.75 Å². The third-order valence-corrected chi connectivity index (χ3v) is 9.32. The Morgan fingerprint density at radius 2 is 1.76 bits per heavy atom. The Labute approximate surface area is 275 Å². The Balaban J connectivity index is 1.60. The first-order chi connectivity index (χ1) is 21.5. The molecule has 0 spiro atoms. The molecular weight excluding hydrogens is 630 g/mol. The lowest BCUT2D eigenvalue weighted by Gasteiger charge is -2.19. The summed E-state index contributed by atoms with van der Waals surface area (Å²) >= 11 is 6.30. The van der Waals surface area contributed by atoms with Gasteiger partial charge in [0.15, 0.2) is 0 Å². The maximum atomic E-state index is 13.6. The summed E-state index contributed by atoms with van der Waals surface area (Å²) in [6, 6.07) is 9.54. The molecule has 0 radical (unpaired) electrons. The average Bonchev–Trinajstić information content (AvgIpc) is 3.43. The number of carbonyl (C=O) groups is 2. The number of halogens is 1. The van der Waals surface area contributed by atoms with Gasteiger partial charge in [-0.1, -0.05) is 29.8 Å². The highest BCUT2D eigenvalue weighted by molar-refractivity contribution is 7.90. The van der Waals surface area contributed by atoms with E-state index in [0.717, 1.165) is 39.0 Å². The number of hydrogen-bond acceptors (Lipinski definition) is 7. The molecule has 0 aliphatic heterocycles. The number of aromatic amines is 1. The number of H-pyrrole nitrogens is 1. The molecule has 0 saturated carbocycles. The maximum Gasteiger partial charge on any atom is 0.407 e. The van der Waals surface area contributed by atoms with Crippen molar-refractivity contribution in [1.29, 1.82) is 0 Å². The van der Waals surface area contributed by atoms with Crippen LogP contribution >= 0.6 is 11.6 Å². The molecule has 2 amide bonds. The van der Waals surface area contributed by atoms with E-state index in [1.165, 1.54) is 0 Å². The predicted molar refractivity (Wildman–Crippen MR) is 180 cm³/mol. The maximum absolute atomic E-state index is 13.6. The number of hydrogen-bond donors (Lipinski definition) is 3.